The molecule has 2 heterocycles. The van der Waals surface area contributed by atoms with Gasteiger partial charge in [-0.3, -0.25) is 0 Å². The summed E-state index contributed by atoms with van der Waals surface area (Å²) in [5.74, 6) is 0. The fourth-order valence-corrected chi connectivity index (χ4v) is 6.31. The van der Waals surface area contributed by atoms with Crippen LogP contribution >= 0.6 is 0 Å². The molecule has 0 saturated heterocycles. The van der Waals surface area contributed by atoms with Gasteiger partial charge in [0.05, 0.1) is 26.3 Å². The minimum absolute atomic E-state index is 0.634. The third kappa shape index (κ3) is 23.6. The minimum atomic E-state index is 0.634. The number of rotatable bonds is 35. The predicted octanol–water partition coefficient (Wildman–Crippen LogP) is 10.7. The first-order valence-corrected chi connectivity index (χ1v) is 20.1. The molecule has 2 aromatic heterocycles. The maximum absolute atomic E-state index is 5.90. The van der Waals surface area contributed by atoms with Crippen LogP contribution in [0.2, 0.25) is 0 Å². The molecule has 6 nitrogen and oxygen atoms in total. The molecule has 0 N–H and O–H groups in total. The van der Waals surface area contributed by atoms with Crippen molar-refractivity contribution < 1.29 is 18.6 Å². The largest absolute Gasteiger partial charge is 0.342 e. The van der Waals surface area contributed by atoms with Crippen molar-refractivity contribution >= 4 is 0 Å². The van der Waals surface area contributed by atoms with E-state index in [2.05, 4.69) is 69.6 Å². The molecule has 0 aromatic carbocycles. The third-order valence-corrected chi connectivity index (χ3v) is 9.34. The van der Waals surface area contributed by atoms with E-state index in [0.29, 0.717) is 13.5 Å². The first-order valence-electron chi connectivity index (χ1n) is 20.1. The Morgan fingerprint density at radius 3 is 1.02 bits per heavy atom. The lowest BCUT2D eigenvalue weighted by molar-refractivity contribution is -0.733. The number of hydrogen-bond acceptors (Lipinski definition) is 2. The van der Waals surface area contributed by atoms with Gasteiger partial charge in [0.2, 0.25) is 12.7 Å². The summed E-state index contributed by atoms with van der Waals surface area (Å²) >= 11 is 0. The molecule has 46 heavy (non-hydrogen) atoms. The van der Waals surface area contributed by atoms with Crippen molar-refractivity contribution in [2.75, 3.05) is 13.2 Å². The quantitative estimate of drug-likeness (QED) is 0.0553. The second-order valence-electron chi connectivity index (χ2n) is 13.9. The SMILES string of the molecule is CCCCCCCCCCCCCCn1cc[n+](COCCCCOC[n+]2ccn(CCCCCCCCCCCCCC)c2)c1. The predicted molar refractivity (Wildman–Crippen MR) is 193 cm³/mol. The second-order valence-corrected chi connectivity index (χ2v) is 13.9. The van der Waals surface area contributed by atoms with Gasteiger partial charge in [-0.2, -0.15) is 0 Å². The van der Waals surface area contributed by atoms with E-state index in [9.17, 15) is 0 Å². The monoisotopic (exact) mass is 645 g/mol. The molecule has 0 bridgehead atoms. The molecule has 0 fully saturated rings. The topological polar surface area (TPSA) is 36.1 Å². The zero-order valence-electron chi connectivity index (χ0n) is 30.7. The van der Waals surface area contributed by atoms with E-state index in [1.54, 1.807) is 0 Å². The van der Waals surface area contributed by atoms with E-state index in [-0.39, 0.29) is 0 Å². The van der Waals surface area contributed by atoms with Crippen LogP contribution in [0.15, 0.2) is 37.4 Å². The molecule has 0 aliphatic carbocycles. The van der Waals surface area contributed by atoms with Crippen LogP contribution in [0.5, 0.6) is 0 Å². The summed E-state index contributed by atoms with van der Waals surface area (Å²) in [6.07, 6.45) is 48.7. The van der Waals surface area contributed by atoms with E-state index in [0.717, 1.165) is 39.1 Å². The fraction of sp³-hybridized carbons (Fsp3) is 0.850. The number of imidazole rings is 2. The lowest BCUT2D eigenvalue weighted by Gasteiger charge is -2.03. The zero-order valence-corrected chi connectivity index (χ0v) is 30.7. The lowest BCUT2D eigenvalue weighted by Crippen LogP contribution is -2.33. The van der Waals surface area contributed by atoms with Crippen molar-refractivity contribution in [3.63, 3.8) is 0 Å². The van der Waals surface area contributed by atoms with Gasteiger partial charge in [-0.25, -0.2) is 18.3 Å². The van der Waals surface area contributed by atoms with Gasteiger partial charge in [0.15, 0.2) is 13.5 Å². The molecular weight excluding hydrogens is 568 g/mol. The number of hydrogen-bond donors (Lipinski definition) is 0. The van der Waals surface area contributed by atoms with Crippen LogP contribution in [0.4, 0.5) is 0 Å². The molecule has 0 atom stereocenters. The summed E-state index contributed by atoms with van der Waals surface area (Å²) in [5.41, 5.74) is 0. The smallest absolute Gasteiger partial charge is 0.245 e. The molecule has 0 aliphatic heterocycles. The zero-order chi connectivity index (χ0) is 32.6. The van der Waals surface area contributed by atoms with Crippen LogP contribution in [0.3, 0.4) is 0 Å². The van der Waals surface area contributed by atoms with Crippen LogP contribution in [-0.2, 0) is 36.0 Å². The van der Waals surface area contributed by atoms with Crippen LogP contribution in [-0.4, -0.2) is 22.3 Å². The molecule has 0 radical (unpaired) electrons. The summed E-state index contributed by atoms with van der Waals surface area (Å²) in [5, 5.41) is 0. The molecule has 6 heteroatoms. The summed E-state index contributed by atoms with van der Waals surface area (Å²) in [4.78, 5) is 0. The summed E-state index contributed by atoms with van der Waals surface area (Å²) in [7, 11) is 0. The number of nitrogens with zero attached hydrogens (tertiary/aromatic N) is 4. The van der Waals surface area contributed by atoms with Crippen LogP contribution in [0, 0.1) is 0 Å². The Morgan fingerprint density at radius 2 is 0.696 bits per heavy atom. The molecule has 0 aliphatic rings. The molecule has 2 aromatic rings. The van der Waals surface area contributed by atoms with Gasteiger partial charge in [0.25, 0.3) is 0 Å². The highest BCUT2D eigenvalue weighted by Crippen LogP contribution is 2.13. The van der Waals surface area contributed by atoms with Gasteiger partial charge in [0.1, 0.15) is 24.8 Å². The lowest BCUT2D eigenvalue weighted by atomic mass is 10.1. The standard InChI is InChI=1S/C40H76N4O2/c1-3-5-7-9-11-13-15-17-19-21-23-25-29-41-31-33-43(37-41)39-45-35-27-28-36-46-40-44-34-32-42(38-44)30-26-24-22-20-18-16-14-12-10-8-6-4-2/h31-34,37-38H,3-30,35-36,39-40H2,1-2H3/q+2. The first-order chi connectivity index (χ1) is 22.8. The molecule has 0 amide bonds. The number of aromatic nitrogens is 4. The van der Waals surface area contributed by atoms with Gasteiger partial charge < -0.3 is 9.47 Å². The second kappa shape index (κ2) is 30.7. The number of aryl methyl sites for hydroxylation is 2. The number of ether oxygens (including phenoxy) is 2. The highest BCUT2D eigenvalue weighted by atomic mass is 16.5. The highest BCUT2D eigenvalue weighted by molar-refractivity contribution is 4.67. The number of unbranched alkanes of at least 4 members (excludes halogenated alkanes) is 23. The maximum atomic E-state index is 5.90. The normalized spacial score (nSPS) is 11.6. The molecule has 0 unspecified atom stereocenters. The molecular formula is C40H76N4O2+2. The van der Waals surface area contributed by atoms with Crippen LogP contribution < -0.4 is 9.13 Å². The molecule has 266 valence electrons. The van der Waals surface area contributed by atoms with Crippen molar-refractivity contribution in [1.82, 2.24) is 9.13 Å². The molecule has 2 rings (SSSR count). The third-order valence-electron chi connectivity index (χ3n) is 9.34. The average molecular weight is 645 g/mol. The van der Waals surface area contributed by atoms with Crippen molar-refractivity contribution in [2.24, 2.45) is 0 Å². The van der Waals surface area contributed by atoms with Crippen LogP contribution in [0.25, 0.3) is 0 Å². The van der Waals surface area contributed by atoms with E-state index in [4.69, 9.17) is 9.47 Å². The molecule has 0 saturated carbocycles. The Kier molecular flexibility index (Phi) is 27.0. The van der Waals surface area contributed by atoms with Crippen molar-refractivity contribution in [1.29, 1.82) is 0 Å². The first kappa shape index (κ1) is 40.5. The van der Waals surface area contributed by atoms with E-state index >= 15 is 0 Å². The van der Waals surface area contributed by atoms with Gasteiger partial charge in [-0.05, 0) is 38.5 Å². The maximum Gasteiger partial charge on any atom is 0.245 e. The summed E-state index contributed by atoms with van der Waals surface area (Å²) in [6.45, 7) is 9.64. The van der Waals surface area contributed by atoms with Crippen molar-refractivity contribution in [3.8, 4) is 0 Å². The Balaban J connectivity index is 1.33. The van der Waals surface area contributed by atoms with Gasteiger partial charge >= 0.3 is 0 Å². The van der Waals surface area contributed by atoms with Gasteiger partial charge in [-0.1, -0.05) is 142 Å². The Labute approximate surface area is 285 Å². The highest BCUT2D eigenvalue weighted by Gasteiger charge is 2.05. The van der Waals surface area contributed by atoms with E-state index < -0.39 is 0 Å². The Hall–Kier alpha value is -1.66. The minimum Gasteiger partial charge on any atom is -0.342 e. The summed E-state index contributed by atoms with van der Waals surface area (Å²) in [6, 6.07) is 0. The Morgan fingerprint density at radius 1 is 0.391 bits per heavy atom. The summed E-state index contributed by atoms with van der Waals surface area (Å²) < 4.78 is 20.7. The average Bonchev–Trinajstić information content (AvgIpc) is 3.72. The Bertz CT molecular complexity index is 823. The van der Waals surface area contributed by atoms with Crippen molar-refractivity contribution in [3.05, 3.63) is 37.4 Å². The van der Waals surface area contributed by atoms with Crippen molar-refractivity contribution in [2.45, 2.75) is 207 Å². The van der Waals surface area contributed by atoms with E-state index in [1.807, 2.05) is 0 Å². The molecule has 0 spiro atoms. The van der Waals surface area contributed by atoms with E-state index in [1.165, 1.54) is 154 Å². The van der Waals surface area contributed by atoms with Crippen LogP contribution in [0.1, 0.15) is 181 Å². The fourth-order valence-electron chi connectivity index (χ4n) is 6.31. The van der Waals surface area contributed by atoms with Gasteiger partial charge in [0, 0.05) is 0 Å². The van der Waals surface area contributed by atoms with Gasteiger partial charge in [-0.15, -0.1) is 0 Å².